The largest absolute Gasteiger partial charge is 0.443 e. The summed E-state index contributed by atoms with van der Waals surface area (Å²) < 4.78 is 7.27. The van der Waals surface area contributed by atoms with Crippen molar-refractivity contribution in [3.05, 3.63) is 55.2 Å². The minimum atomic E-state index is 0.809. The van der Waals surface area contributed by atoms with Crippen LogP contribution < -0.4 is 4.57 Å². The molecule has 15 heavy (non-hydrogen) atoms. The number of rotatable bonds is 1. The number of hydrogen-bond donors (Lipinski definition) is 0. The molecule has 0 aliphatic carbocycles. The van der Waals surface area contributed by atoms with Crippen LogP contribution in [0.15, 0.2) is 59.6 Å². The first-order valence-corrected chi connectivity index (χ1v) is 4.74. The fraction of sp³-hybridized carbons (Fsp3) is 0. The Morgan fingerprint density at radius 2 is 1.87 bits per heavy atom. The summed E-state index contributed by atoms with van der Waals surface area (Å²) >= 11 is 0. The molecule has 0 aliphatic rings. The molecule has 0 saturated carbocycles. The molecule has 0 N–H and O–H groups in total. The average Bonchev–Trinajstić information content (AvgIpc) is 2.78. The van der Waals surface area contributed by atoms with Crippen molar-refractivity contribution >= 4 is 11.1 Å². The predicted octanol–water partition coefficient (Wildman–Crippen LogP) is 2.10. The molecule has 0 bridgehead atoms. The Morgan fingerprint density at radius 3 is 2.73 bits per heavy atom. The van der Waals surface area contributed by atoms with E-state index in [1.807, 2.05) is 53.4 Å². The van der Waals surface area contributed by atoms with Crippen molar-refractivity contribution < 1.29 is 8.98 Å². The Hall–Kier alpha value is -2.16. The van der Waals surface area contributed by atoms with Gasteiger partial charge in [-0.1, -0.05) is 12.1 Å². The van der Waals surface area contributed by atoms with Gasteiger partial charge in [0, 0.05) is 18.2 Å². The number of pyridine rings is 1. The van der Waals surface area contributed by atoms with Gasteiger partial charge in [0.05, 0.1) is 0 Å². The SMILES string of the molecule is c1cc[n+](-c2cccc3ocnc23)cc1. The zero-order valence-corrected chi connectivity index (χ0v) is 8.00. The van der Waals surface area contributed by atoms with E-state index in [9.17, 15) is 0 Å². The normalized spacial score (nSPS) is 10.7. The van der Waals surface area contributed by atoms with Crippen LogP contribution in [-0.2, 0) is 0 Å². The van der Waals surface area contributed by atoms with Crippen molar-refractivity contribution in [2.75, 3.05) is 0 Å². The minimum Gasteiger partial charge on any atom is -0.443 e. The average molecular weight is 197 g/mol. The van der Waals surface area contributed by atoms with Gasteiger partial charge in [0.1, 0.15) is 0 Å². The Balaban J connectivity index is 2.31. The van der Waals surface area contributed by atoms with Crippen molar-refractivity contribution in [2.45, 2.75) is 0 Å². The maximum Gasteiger partial charge on any atom is 0.240 e. The lowest BCUT2D eigenvalue weighted by Crippen LogP contribution is -2.29. The maximum absolute atomic E-state index is 5.26. The van der Waals surface area contributed by atoms with Crippen LogP contribution in [0, 0.1) is 0 Å². The van der Waals surface area contributed by atoms with Crippen LogP contribution in [0.1, 0.15) is 0 Å². The van der Waals surface area contributed by atoms with E-state index in [0.717, 1.165) is 16.8 Å². The number of aromatic nitrogens is 2. The van der Waals surface area contributed by atoms with E-state index in [-0.39, 0.29) is 0 Å². The van der Waals surface area contributed by atoms with E-state index in [1.54, 1.807) is 0 Å². The summed E-state index contributed by atoms with van der Waals surface area (Å²) in [6.07, 6.45) is 5.45. The van der Waals surface area contributed by atoms with Gasteiger partial charge >= 0.3 is 0 Å². The van der Waals surface area contributed by atoms with Crippen molar-refractivity contribution in [1.29, 1.82) is 0 Å². The van der Waals surface area contributed by atoms with Crippen LogP contribution in [0.2, 0.25) is 0 Å². The van der Waals surface area contributed by atoms with Gasteiger partial charge in [-0.3, -0.25) is 0 Å². The number of nitrogens with zero attached hydrogens (tertiary/aromatic N) is 2. The zero-order valence-electron chi connectivity index (χ0n) is 8.00. The van der Waals surface area contributed by atoms with E-state index < -0.39 is 0 Å². The summed E-state index contributed by atoms with van der Waals surface area (Å²) in [6, 6.07) is 11.8. The summed E-state index contributed by atoms with van der Waals surface area (Å²) in [4.78, 5) is 4.21. The molecule has 3 nitrogen and oxygen atoms in total. The summed E-state index contributed by atoms with van der Waals surface area (Å²) in [7, 11) is 0. The van der Waals surface area contributed by atoms with E-state index in [1.165, 1.54) is 6.39 Å². The second-order valence-corrected chi connectivity index (χ2v) is 3.26. The van der Waals surface area contributed by atoms with Crippen LogP contribution in [-0.4, -0.2) is 4.98 Å². The topological polar surface area (TPSA) is 29.9 Å². The Bertz CT molecular complexity index is 587. The molecule has 0 unspecified atom stereocenters. The van der Waals surface area contributed by atoms with E-state index in [4.69, 9.17) is 4.42 Å². The first-order chi connectivity index (χ1) is 7.45. The van der Waals surface area contributed by atoms with Gasteiger partial charge in [0.15, 0.2) is 29.9 Å². The summed E-state index contributed by atoms with van der Waals surface area (Å²) in [5, 5.41) is 0. The maximum atomic E-state index is 5.26. The molecule has 2 aromatic heterocycles. The molecule has 0 aliphatic heterocycles. The molecule has 0 atom stereocenters. The fourth-order valence-corrected chi connectivity index (χ4v) is 1.64. The van der Waals surface area contributed by atoms with Gasteiger partial charge in [-0.25, -0.2) is 4.98 Å². The third kappa shape index (κ3) is 1.29. The molecular weight excluding hydrogens is 188 g/mol. The van der Waals surface area contributed by atoms with Crippen LogP contribution in [0.25, 0.3) is 16.8 Å². The summed E-state index contributed by atoms with van der Waals surface area (Å²) in [5.74, 6) is 0. The lowest BCUT2D eigenvalue weighted by molar-refractivity contribution is -0.594. The Kier molecular flexibility index (Phi) is 1.75. The predicted molar refractivity (Wildman–Crippen MR) is 55.5 cm³/mol. The second kappa shape index (κ2) is 3.20. The highest BCUT2D eigenvalue weighted by Crippen LogP contribution is 2.16. The number of hydrogen-bond acceptors (Lipinski definition) is 2. The molecule has 72 valence electrons. The molecule has 3 heteroatoms. The number of fused-ring (bicyclic) bond motifs is 1. The van der Waals surface area contributed by atoms with Gasteiger partial charge in [0.25, 0.3) is 0 Å². The van der Waals surface area contributed by atoms with Crippen LogP contribution >= 0.6 is 0 Å². The van der Waals surface area contributed by atoms with Gasteiger partial charge in [-0.15, -0.1) is 0 Å². The third-order valence-electron chi connectivity index (χ3n) is 2.33. The first kappa shape index (κ1) is 8.17. The monoisotopic (exact) mass is 197 g/mol. The number of oxazole rings is 1. The number of para-hydroxylation sites is 1. The molecule has 0 saturated heterocycles. The molecule has 0 fully saturated rings. The third-order valence-corrected chi connectivity index (χ3v) is 2.33. The second-order valence-electron chi connectivity index (χ2n) is 3.26. The zero-order chi connectivity index (χ0) is 10.1. The first-order valence-electron chi connectivity index (χ1n) is 4.74. The number of benzene rings is 1. The molecular formula is C12H9N2O+. The molecule has 0 amide bonds. The quantitative estimate of drug-likeness (QED) is 0.559. The highest BCUT2D eigenvalue weighted by Gasteiger charge is 2.12. The minimum absolute atomic E-state index is 0.809. The van der Waals surface area contributed by atoms with Gasteiger partial charge in [0.2, 0.25) is 5.69 Å². The lowest BCUT2D eigenvalue weighted by atomic mass is 10.2. The Morgan fingerprint density at radius 1 is 1.00 bits per heavy atom. The molecule has 1 aromatic carbocycles. The fourth-order valence-electron chi connectivity index (χ4n) is 1.64. The van der Waals surface area contributed by atoms with Gasteiger partial charge in [-0.05, 0) is 6.07 Å². The van der Waals surface area contributed by atoms with E-state index in [2.05, 4.69) is 4.98 Å². The van der Waals surface area contributed by atoms with Crippen LogP contribution in [0.3, 0.4) is 0 Å². The van der Waals surface area contributed by atoms with Crippen molar-refractivity contribution in [3.63, 3.8) is 0 Å². The van der Waals surface area contributed by atoms with Crippen molar-refractivity contribution in [2.24, 2.45) is 0 Å². The highest BCUT2D eigenvalue weighted by atomic mass is 16.3. The van der Waals surface area contributed by atoms with Crippen molar-refractivity contribution in [3.8, 4) is 5.69 Å². The van der Waals surface area contributed by atoms with E-state index in [0.29, 0.717) is 0 Å². The van der Waals surface area contributed by atoms with Gasteiger partial charge in [-0.2, -0.15) is 4.57 Å². The Labute approximate surface area is 86.6 Å². The van der Waals surface area contributed by atoms with Crippen molar-refractivity contribution in [1.82, 2.24) is 4.98 Å². The smallest absolute Gasteiger partial charge is 0.240 e. The molecule has 0 spiro atoms. The van der Waals surface area contributed by atoms with E-state index >= 15 is 0 Å². The highest BCUT2D eigenvalue weighted by molar-refractivity contribution is 5.79. The molecule has 2 heterocycles. The lowest BCUT2D eigenvalue weighted by Gasteiger charge is -1.94. The van der Waals surface area contributed by atoms with Crippen LogP contribution in [0.4, 0.5) is 0 Å². The molecule has 3 rings (SSSR count). The molecule has 3 aromatic rings. The summed E-state index contributed by atoms with van der Waals surface area (Å²) in [5.41, 5.74) is 2.72. The standard InChI is InChI=1S/C12H9N2O/c1-2-7-14(8-3-1)10-5-4-6-11-12(10)13-9-15-11/h1-9H/q+1. The summed E-state index contributed by atoms with van der Waals surface area (Å²) in [6.45, 7) is 0. The molecule has 0 radical (unpaired) electrons. The van der Waals surface area contributed by atoms with Gasteiger partial charge < -0.3 is 4.42 Å². The van der Waals surface area contributed by atoms with Crippen LogP contribution in [0.5, 0.6) is 0 Å².